The quantitative estimate of drug-likeness (QED) is 0.811. The molecule has 0 aliphatic carbocycles. The lowest BCUT2D eigenvalue weighted by atomic mass is 10.0. The zero-order valence-electron chi connectivity index (χ0n) is 12.5. The van der Waals surface area contributed by atoms with Gasteiger partial charge < -0.3 is 19.8 Å². The Hall–Kier alpha value is -1.30. The maximum atomic E-state index is 12.5. The van der Waals surface area contributed by atoms with Crippen molar-refractivity contribution in [2.75, 3.05) is 33.7 Å². The van der Waals surface area contributed by atoms with Gasteiger partial charge in [0.05, 0.1) is 0 Å². The Morgan fingerprint density at radius 3 is 2.42 bits per heavy atom. The first-order valence-electron chi connectivity index (χ1n) is 6.64. The van der Waals surface area contributed by atoms with Crippen molar-refractivity contribution in [2.45, 2.75) is 38.8 Å². The molecule has 0 radical (unpaired) electrons. The molecule has 2 amide bonds. The van der Waals surface area contributed by atoms with Gasteiger partial charge in [-0.05, 0) is 40.8 Å². The van der Waals surface area contributed by atoms with Gasteiger partial charge in [0.1, 0.15) is 5.54 Å². The van der Waals surface area contributed by atoms with Gasteiger partial charge in [-0.15, -0.1) is 0 Å². The number of likely N-dealkylation sites (N-methyl/N-ethyl adjacent to an activating group) is 2. The van der Waals surface area contributed by atoms with E-state index in [1.54, 1.807) is 25.8 Å². The molecule has 1 N–H and O–H groups in total. The molecular weight excluding hydrogens is 246 g/mol. The second kappa shape index (κ2) is 5.77. The number of amides is 2. The molecule has 6 nitrogen and oxygen atoms in total. The number of urea groups is 1. The molecule has 1 heterocycles. The van der Waals surface area contributed by atoms with E-state index in [2.05, 4.69) is 4.90 Å². The molecule has 1 fully saturated rings. The lowest BCUT2D eigenvalue weighted by molar-refractivity contribution is -0.147. The van der Waals surface area contributed by atoms with E-state index in [0.717, 1.165) is 19.5 Å². The fraction of sp³-hybridized carbons (Fsp3) is 0.846. The molecular formula is C13H25N3O3. The highest BCUT2D eigenvalue weighted by Gasteiger charge is 2.38. The van der Waals surface area contributed by atoms with Gasteiger partial charge in [-0.2, -0.15) is 0 Å². The molecule has 6 heteroatoms. The molecule has 1 saturated heterocycles. The van der Waals surface area contributed by atoms with Gasteiger partial charge in [-0.1, -0.05) is 0 Å². The largest absolute Gasteiger partial charge is 0.480 e. The number of carboxylic acid groups (broad SMARTS) is 1. The zero-order valence-corrected chi connectivity index (χ0v) is 12.5. The van der Waals surface area contributed by atoms with Crippen LogP contribution in [0.2, 0.25) is 0 Å². The Labute approximate surface area is 115 Å². The third-order valence-electron chi connectivity index (χ3n) is 3.94. The summed E-state index contributed by atoms with van der Waals surface area (Å²) in [7, 11) is 3.59. The number of hydrogen-bond acceptors (Lipinski definition) is 3. The van der Waals surface area contributed by atoms with Crippen molar-refractivity contribution in [2.24, 2.45) is 0 Å². The predicted octanol–water partition coefficient (Wildman–Crippen LogP) is 0.927. The molecule has 1 rings (SSSR count). The summed E-state index contributed by atoms with van der Waals surface area (Å²) in [6.07, 6.45) is 0.911. The maximum Gasteiger partial charge on any atom is 0.329 e. The number of hydrogen-bond donors (Lipinski definition) is 1. The predicted molar refractivity (Wildman–Crippen MR) is 73.2 cm³/mol. The minimum atomic E-state index is -1.20. The molecule has 0 bridgehead atoms. The molecule has 0 spiro atoms. The summed E-state index contributed by atoms with van der Waals surface area (Å²) in [5.41, 5.74) is -1.20. The molecule has 1 aliphatic rings. The normalized spacial score (nSPS) is 21.9. The maximum absolute atomic E-state index is 12.5. The van der Waals surface area contributed by atoms with Gasteiger partial charge in [0, 0.05) is 26.2 Å². The number of carbonyl (C=O) groups is 2. The standard InChI is InChI=1S/C13H25N3O3/c1-10-9-14(4)7-6-8-16(10)12(19)15(5)13(2,3)11(17)18/h10H,6-9H2,1-5H3,(H,17,18). The molecule has 110 valence electrons. The average Bonchev–Trinajstić information content (AvgIpc) is 2.47. The molecule has 0 aromatic carbocycles. The Balaban J connectivity index is 2.84. The smallest absolute Gasteiger partial charge is 0.329 e. The van der Waals surface area contributed by atoms with Crippen molar-refractivity contribution < 1.29 is 14.7 Å². The van der Waals surface area contributed by atoms with E-state index in [1.165, 1.54) is 4.90 Å². The summed E-state index contributed by atoms with van der Waals surface area (Å²) < 4.78 is 0. The monoisotopic (exact) mass is 271 g/mol. The van der Waals surface area contributed by atoms with Crippen LogP contribution in [0, 0.1) is 0 Å². The van der Waals surface area contributed by atoms with Crippen LogP contribution >= 0.6 is 0 Å². The summed E-state index contributed by atoms with van der Waals surface area (Å²) >= 11 is 0. The van der Waals surface area contributed by atoms with Crippen LogP contribution in [0.4, 0.5) is 4.79 Å². The Bertz CT molecular complexity index is 357. The fourth-order valence-electron chi connectivity index (χ4n) is 2.23. The number of nitrogens with zero attached hydrogens (tertiary/aromatic N) is 3. The topological polar surface area (TPSA) is 64.1 Å². The van der Waals surface area contributed by atoms with E-state index in [9.17, 15) is 14.7 Å². The second-order valence-electron chi connectivity index (χ2n) is 5.86. The SMILES string of the molecule is CC1CN(C)CCCN1C(=O)N(C)C(C)(C)C(=O)O. The first-order valence-corrected chi connectivity index (χ1v) is 6.64. The Kier molecular flexibility index (Phi) is 4.79. The molecule has 0 saturated carbocycles. The molecule has 1 aliphatic heterocycles. The van der Waals surface area contributed by atoms with E-state index >= 15 is 0 Å². The zero-order chi connectivity index (χ0) is 14.8. The van der Waals surface area contributed by atoms with E-state index in [0.29, 0.717) is 6.54 Å². The van der Waals surface area contributed by atoms with Gasteiger partial charge in [-0.25, -0.2) is 9.59 Å². The third kappa shape index (κ3) is 3.37. The van der Waals surface area contributed by atoms with E-state index in [-0.39, 0.29) is 12.1 Å². The van der Waals surface area contributed by atoms with Gasteiger partial charge in [0.25, 0.3) is 0 Å². The number of aliphatic carboxylic acids is 1. The summed E-state index contributed by atoms with van der Waals surface area (Å²) in [6.45, 7) is 7.53. The van der Waals surface area contributed by atoms with Crippen LogP contribution < -0.4 is 0 Å². The van der Waals surface area contributed by atoms with E-state index < -0.39 is 11.5 Å². The minimum absolute atomic E-state index is 0.0899. The molecule has 1 atom stereocenters. The lowest BCUT2D eigenvalue weighted by Gasteiger charge is -2.38. The lowest BCUT2D eigenvalue weighted by Crippen LogP contribution is -2.57. The second-order valence-corrected chi connectivity index (χ2v) is 5.86. The number of carboxylic acids is 1. The van der Waals surface area contributed by atoms with Crippen molar-refractivity contribution in [1.82, 2.24) is 14.7 Å². The van der Waals surface area contributed by atoms with Crippen LogP contribution in [-0.4, -0.2) is 77.1 Å². The first kappa shape index (κ1) is 15.8. The van der Waals surface area contributed by atoms with Crippen molar-refractivity contribution in [3.8, 4) is 0 Å². The number of carbonyl (C=O) groups excluding carboxylic acids is 1. The molecule has 1 unspecified atom stereocenters. The van der Waals surface area contributed by atoms with Crippen molar-refractivity contribution in [3.63, 3.8) is 0 Å². The number of rotatable bonds is 2. The van der Waals surface area contributed by atoms with Crippen molar-refractivity contribution in [1.29, 1.82) is 0 Å². The van der Waals surface area contributed by atoms with Gasteiger partial charge in [0.15, 0.2) is 0 Å². The van der Waals surface area contributed by atoms with Crippen LogP contribution in [0.25, 0.3) is 0 Å². The summed E-state index contributed by atoms with van der Waals surface area (Å²) in [6, 6.07) is -0.123. The summed E-state index contributed by atoms with van der Waals surface area (Å²) in [5.74, 6) is -0.997. The third-order valence-corrected chi connectivity index (χ3v) is 3.94. The van der Waals surface area contributed by atoms with Gasteiger partial charge in [-0.3, -0.25) is 0 Å². The summed E-state index contributed by atoms with van der Waals surface area (Å²) in [4.78, 5) is 29.0. The van der Waals surface area contributed by atoms with Crippen molar-refractivity contribution in [3.05, 3.63) is 0 Å². The molecule has 0 aromatic heterocycles. The van der Waals surface area contributed by atoms with Crippen LogP contribution in [0.1, 0.15) is 27.2 Å². The highest BCUT2D eigenvalue weighted by molar-refractivity contribution is 5.85. The van der Waals surface area contributed by atoms with Crippen LogP contribution in [-0.2, 0) is 4.79 Å². The van der Waals surface area contributed by atoms with Crippen molar-refractivity contribution >= 4 is 12.0 Å². The van der Waals surface area contributed by atoms with Crippen LogP contribution in [0.5, 0.6) is 0 Å². The minimum Gasteiger partial charge on any atom is -0.480 e. The van der Waals surface area contributed by atoms with Gasteiger partial charge in [0.2, 0.25) is 0 Å². The van der Waals surface area contributed by atoms with E-state index in [4.69, 9.17) is 0 Å². The molecule has 19 heavy (non-hydrogen) atoms. The van der Waals surface area contributed by atoms with Crippen LogP contribution in [0.3, 0.4) is 0 Å². The van der Waals surface area contributed by atoms with Gasteiger partial charge >= 0.3 is 12.0 Å². The van der Waals surface area contributed by atoms with E-state index in [1.807, 2.05) is 14.0 Å². The fourth-order valence-corrected chi connectivity index (χ4v) is 2.23. The average molecular weight is 271 g/mol. The summed E-state index contributed by atoms with van der Waals surface area (Å²) in [5, 5.41) is 9.20. The first-order chi connectivity index (χ1) is 8.67. The Morgan fingerprint density at radius 2 is 1.89 bits per heavy atom. The highest BCUT2D eigenvalue weighted by Crippen LogP contribution is 2.18. The highest BCUT2D eigenvalue weighted by atomic mass is 16.4. The van der Waals surface area contributed by atoms with Crippen LogP contribution in [0.15, 0.2) is 0 Å². The molecule has 0 aromatic rings. The Morgan fingerprint density at radius 1 is 1.32 bits per heavy atom.